The van der Waals surface area contributed by atoms with Crippen molar-refractivity contribution in [1.29, 1.82) is 0 Å². The van der Waals surface area contributed by atoms with Crippen LogP contribution >= 0.6 is 0 Å². The lowest BCUT2D eigenvalue weighted by atomic mass is 9.95. The predicted octanol–water partition coefficient (Wildman–Crippen LogP) is 2.86. The zero-order valence-corrected chi connectivity index (χ0v) is 16.4. The Kier molecular flexibility index (Phi) is 6.72. The molecule has 0 bridgehead atoms. The number of ether oxygens (including phenoxy) is 2. The molecule has 2 heterocycles. The number of para-hydroxylation sites is 2. The first-order chi connectivity index (χ1) is 13.2. The van der Waals surface area contributed by atoms with Crippen LogP contribution in [0.1, 0.15) is 39.0 Å². The second-order valence-electron chi connectivity index (χ2n) is 7.33. The van der Waals surface area contributed by atoms with Gasteiger partial charge in [0, 0.05) is 25.7 Å². The van der Waals surface area contributed by atoms with E-state index in [1.54, 1.807) is 12.0 Å². The highest BCUT2D eigenvalue weighted by molar-refractivity contribution is 5.99. The fourth-order valence-electron chi connectivity index (χ4n) is 3.98. The summed E-state index contributed by atoms with van der Waals surface area (Å²) in [7, 11) is 1.61. The van der Waals surface area contributed by atoms with Gasteiger partial charge in [0.1, 0.15) is 12.3 Å². The minimum absolute atomic E-state index is 0.0199. The molecule has 0 unspecified atom stereocenters. The van der Waals surface area contributed by atoms with Gasteiger partial charge in [-0.15, -0.1) is 0 Å². The van der Waals surface area contributed by atoms with Gasteiger partial charge in [0.2, 0.25) is 11.8 Å². The van der Waals surface area contributed by atoms with E-state index in [-0.39, 0.29) is 30.3 Å². The number of hydrogen-bond donors (Lipinski definition) is 0. The molecule has 6 heteroatoms. The van der Waals surface area contributed by atoms with E-state index in [9.17, 15) is 9.59 Å². The van der Waals surface area contributed by atoms with Crippen molar-refractivity contribution in [2.45, 2.75) is 45.1 Å². The summed E-state index contributed by atoms with van der Waals surface area (Å²) in [6, 6.07) is 7.62. The van der Waals surface area contributed by atoms with Gasteiger partial charge in [0.25, 0.3) is 0 Å². The topological polar surface area (TPSA) is 59.1 Å². The highest BCUT2D eigenvalue weighted by Gasteiger charge is 2.38. The Morgan fingerprint density at radius 3 is 2.70 bits per heavy atom. The van der Waals surface area contributed by atoms with E-state index >= 15 is 0 Å². The molecule has 1 aromatic carbocycles. The SMILES string of the molecule is CCCC[C@H]1CN(c2ccccc2OC)C(=O)CN1C(=O)C1CCOCC1. The Bertz CT molecular complexity index is 657. The van der Waals surface area contributed by atoms with E-state index in [0.717, 1.165) is 37.8 Å². The molecule has 0 saturated carbocycles. The summed E-state index contributed by atoms with van der Waals surface area (Å²) in [5.74, 6) is 0.734. The van der Waals surface area contributed by atoms with E-state index in [1.165, 1.54) is 0 Å². The maximum absolute atomic E-state index is 13.1. The van der Waals surface area contributed by atoms with Crippen LogP contribution in [0.3, 0.4) is 0 Å². The third-order valence-corrected chi connectivity index (χ3v) is 5.56. The highest BCUT2D eigenvalue weighted by atomic mass is 16.5. The van der Waals surface area contributed by atoms with E-state index in [4.69, 9.17) is 9.47 Å². The Morgan fingerprint density at radius 2 is 2.00 bits per heavy atom. The number of rotatable bonds is 6. The van der Waals surface area contributed by atoms with Crippen LogP contribution < -0.4 is 9.64 Å². The smallest absolute Gasteiger partial charge is 0.246 e. The Balaban J connectivity index is 1.81. The lowest BCUT2D eigenvalue weighted by Crippen LogP contribution is -2.59. The highest BCUT2D eigenvalue weighted by Crippen LogP contribution is 2.32. The van der Waals surface area contributed by atoms with Crippen LogP contribution in [0, 0.1) is 5.92 Å². The number of carbonyl (C=O) groups is 2. The maximum atomic E-state index is 13.1. The van der Waals surface area contributed by atoms with Crippen molar-refractivity contribution in [1.82, 2.24) is 4.90 Å². The minimum atomic E-state index is -0.0485. The Morgan fingerprint density at radius 1 is 1.26 bits per heavy atom. The summed E-state index contributed by atoms with van der Waals surface area (Å²) in [6.45, 7) is 4.07. The van der Waals surface area contributed by atoms with Crippen LogP contribution in [0.15, 0.2) is 24.3 Å². The molecule has 0 N–H and O–H groups in total. The number of hydrogen-bond acceptors (Lipinski definition) is 4. The summed E-state index contributed by atoms with van der Waals surface area (Å²) in [6.07, 6.45) is 4.51. The van der Waals surface area contributed by atoms with Gasteiger partial charge in [-0.2, -0.15) is 0 Å². The number of piperazine rings is 1. The summed E-state index contributed by atoms with van der Waals surface area (Å²) in [5.41, 5.74) is 0.782. The molecular weight excluding hydrogens is 344 g/mol. The number of unbranched alkanes of at least 4 members (excludes halogenated alkanes) is 1. The van der Waals surface area contributed by atoms with Crippen LogP contribution in [0.4, 0.5) is 5.69 Å². The molecule has 6 nitrogen and oxygen atoms in total. The maximum Gasteiger partial charge on any atom is 0.246 e. The van der Waals surface area contributed by atoms with Crippen molar-refractivity contribution in [2.24, 2.45) is 5.92 Å². The zero-order chi connectivity index (χ0) is 19.2. The first kappa shape index (κ1) is 19.7. The van der Waals surface area contributed by atoms with Gasteiger partial charge in [-0.25, -0.2) is 0 Å². The van der Waals surface area contributed by atoms with Gasteiger partial charge < -0.3 is 19.3 Å². The van der Waals surface area contributed by atoms with E-state index in [0.29, 0.717) is 25.5 Å². The number of amides is 2. The van der Waals surface area contributed by atoms with Gasteiger partial charge in [-0.3, -0.25) is 9.59 Å². The van der Waals surface area contributed by atoms with Gasteiger partial charge in [0.15, 0.2) is 0 Å². The third kappa shape index (κ3) is 4.43. The van der Waals surface area contributed by atoms with Gasteiger partial charge >= 0.3 is 0 Å². The van der Waals surface area contributed by atoms with Crippen molar-refractivity contribution in [3.05, 3.63) is 24.3 Å². The number of methoxy groups -OCH3 is 1. The van der Waals surface area contributed by atoms with Crippen molar-refractivity contribution in [3.63, 3.8) is 0 Å². The van der Waals surface area contributed by atoms with Crippen LogP contribution in [-0.2, 0) is 14.3 Å². The molecule has 27 heavy (non-hydrogen) atoms. The van der Waals surface area contributed by atoms with Gasteiger partial charge in [-0.05, 0) is 31.4 Å². The molecule has 0 spiro atoms. The number of anilines is 1. The summed E-state index contributed by atoms with van der Waals surface area (Å²) in [5, 5.41) is 0. The first-order valence-corrected chi connectivity index (χ1v) is 9.97. The minimum Gasteiger partial charge on any atom is -0.495 e. The molecule has 2 fully saturated rings. The lowest BCUT2D eigenvalue weighted by molar-refractivity contribution is -0.145. The summed E-state index contributed by atoms with van der Waals surface area (Å²) in [4.78, 5) is 29.7. The molecular formula is C21H30N2O4. The van der Waals surface area contributed by atoms with Crippen molar-refractivity contribution in [3.8, 4) is 5.75 Å². The Hall–Kier alpha value is -2.08. The lowest BCUT2D eigenvalue weighted by Gasteiger charge is -2.43. The average molecular weight is 374 g/mol. The average Bonchev–Trinajstić information content (AvgIpc) is 2.72. The molecule has 2 amide bonds. The largest absolute Gasteiger partial charge is 0.495 e. The van der Waals surface area contributed by atoms with Gasteiger partial charge in [-0.1, -0.05) is 31.9 Å². The normalized spacial score (nSPS) is 21.4. The predicted molar refractivity (Wildman–Crippen MR) is 104 cm³/mol. The number of nitrogens with zero attached hydrogens (tertiary/aromatic N) is 2. The molecule has 1 aromatic rings. The zero-order valence-electron chi connectivity index (χ0n) is 16.4. The molecule has 148 valence electrons. The van der Waals surface area contributed by atoms with E-state index in [1.807, 2.05) is 29.2 Å². The molecule has 1 atom stereocenters. The van der Waals surface area contributed by atoms with Crippen LogP contribution in [0.5, 0.6) is 5.75 Å². The van der Waals surface area contributed by atoms with E-state index in [2.05, 4.69) is 6.92 Å². The van der Waals surface area contributed by atoms with Crippen LogP contribution in [0.25, 0.3) is 0 Å². The molecule has 0 aliphatic carbocycles. The monoisotopic (exact) mass is 374 g/mol. The summed E-state index contributed by atoms with van der Waals surface area (Å²) < 4.78 is 10.8. The van der Waals surface area contributed by atoms with Crippen LogP contribution in [-0.4, -0.2) is 56.2 Å². The molecule has 2 aliphatic rings. The first-order valence-electron chi connectivity index (χ1n) is 9.97. The van der Waals surface area contributed by atoms with Crippen molar-refractivity contribution in [2.75, 3.05) is 38.3 Å². The number of carbonyl (C=O) groups excluding carboxylic acids is 2. The molecule has 0 aromatic heterocycles. The van der Waals surface area contributed by atoms with Crippen LogP contribution in [0.2, 0.25) is 0 Å². The summed E-state index contributed by atoms with van der Waals surface area (Å²) >= 11 is 0. The molecule has 2 saturated heterocycles. The molecule has 0 radical (unpaired) electrons. The fourth-order valence-corrected chi connectivity index (χ4v) is 3.98. The van der Waals surface area contributed by atoms with E-state index < -0.39 is 0 Å². The quantitative estimate of drug-likeness (QED) is 0.768. The third-order valence-electron chi connectivity index (χ3n) is 5.56. The van der Waals surface area contributed by atoms with Crippen molar-refractivity contribution >= 4 is 17.5 Å². The fraction of sp³-hybridized carbons (Fsp3) is 0.619. The van der Waals surface area contributed by atoms with Crippen molar-refractivity contribution < 1.29 is 19.1 Å². The standard InChI is InChI=1S/C21H30N2O4/c1-3-4-7-17-14-23(18-8-5-6-9-19(18)26-2)20(24)15-22(17)21(25)16-10-12-27-13-11-16/h5-6,8-9,16-17H,3-4,7,10-15H2,1-2H3/t17-/m0/s1. The second-order valence-corrected chi connectivity index (χ2v) is 7.33. The molecule has 3 rings (SSSR count). The Labute approximate surface area is 161 Å². The second kappa shape index (κ2) is 9.22. The number of benzene rings is 1. The molecule has 2 aliphatic heterocycles. The van der Waals surface area contributed by atoms with Gasteiger partial charge in [0.05, 0.1) is 18.8 Å².